The zero-order valence-corrected chi connectivity index (χ0v) is 17.4. The number of H-pyrrole nitrogens is 1. The first kappa shape index (κ1) is 20.6. The Hall–Kier alpha value is -3.13. The lowest BCUT2D eigenvalue weighted by Gasteiger charge is -2.09. The number of sulfonamides is 1. The van der Waals surface area contributed by atoms with Crippen molar-refractivity contribution in [1.82, 2.24) is 15.0 Å². The number of nitrogens with one attached hydrogen (secondary N) is 2. The molecule has 0 amide bonds. The zero-order valence-electron chi connectivity index (χ0n) is 16.6. The van der Waals surface area contributed by atoms with E-state index in [-0.39, 0.29) is 4.90 Å². The smallest absolute Gasteiger partial charge is 0.276 e. The molecule has 0 bridgehead atoms. The summed E-state index contributed by atoms with van der Waals surface area (Å²) in [7, 11) is -2.14. The highest BCUT2D eigenvalue weighted by Gasteiger charge is 2.14. The average molecular weight is 413 g/mol. The molecule has 1 aromatic heterocycles. The van der Waals surface area contributed by atoms with Crippen LogP contribution < -0.4 is 9.57 Å². The van der Waals surface area contributed by atoms with Gasteiger partial charge in [-0.3, -0.25) is 5.10 Å². The van der Waals surface area contributed by atoms with Crippen molar-refractivity contribution in [2.75, 3.05) is 7.11 Å². The van der Waals surface area contributed by atoms with Gasteiger partial charge in [-0.05, 0) is 54.3 Å². The van der Waals surface area contributed by atoms with Crippen LogP contribution in [0, 0.1) is 0 Å². The quantitative estimate of drug-likeness (QED) is 0.433. The van der Waals surface area contributed by atoms with E-state index in [0.29, 0.717) is 11.5 Å². The second-order valence-electron chi connectivity index (χ2n) is 6.66. The molecule has 0 radical (unpaired) electrons. The SMILES string of the molecule is CC[C@@H](C)c1ccc(S(=O)(=O)N/N=C\c2cn[nH]c2-c2ccc(OC)cc2)cc1. The highest BCUT2D eigenvalue weighted by Crippen LogP contribution is 2.23. The molecule has 1 atom stereocenters. The van der Waals surface area contributed by atoms with Gasteiger partial charge in [0.1, 0.15) is 5.75 Å². The van der Waals surface area contributed by atoms with E-state index < -0.39 is 10.0 Å². The maximum atomic E-state index is 12.5. The molecule has 0 spiro atoms. The minimum absolute atomic E-state index is 0.171. The van der Waals surface area contributed by atoms with Crippen molar-refractivity contribution in [3.05, 3.63) is 65.9 Å². The van der Waals surface area contributed by atoms with Crippen LogP contribution in [0.5, 0.6) is 5.75 Å². The van der Waals surface area contributed by atoms with Crippen molar-refractivity contribution in [3.8, 4) is 17.0 Å². The Bertz CT molecular complexity index is 1070. The molecule has 1 heterocycles. The summed E-state index contributed by atoms with van der Waals surface area (Å²) >= 11 is 0. The van der Waals surface area contributed by atoms with E-state index in [1.807, 2.05) is 36.4 Å². The fraction of sp³-hybridized carbons (Fsp3) is 0.238. The average Bonchev–Trinajstić information content (AvgIpc) is 3.21. The van der Waals surface area contributed by atoms with Crippen LogP contribution in [0.2, 0.25) is 0 Å². The summed E-state index contributed by atoms with van der Waals surface area (Å²) in [6.45, 7) is 4.21. The first-order valence-electron chi connectivity index (χ1n) is 9.27. The monoisotopic (exact) mass is 412 g/mol. The van der Waals surface area contributed by atoms with Gasteiger partial charge in [0, 0.05) is 11.1 Å². The first-order chi connectivity index (χ1) is 13.9. The summed E-state index contributed by atoms with van der Waals surface area (Å²) < 4.78 is 30.1. The number of nitrogens with zero attached hydrogens (tertiary/aromatic N) is 2. The van der Waals surface area contributed by atoms with Gasteiger partial charge >= 0.3 is 0 Å². The standard InChI is InChI=1S/C21H24N4O3S/c1-4-15(2)16-7-11-20(12-8-16)29(26,27)25-23-14-18-13-22-24-21(18)17-5-9-19(28-3)10-6-17/h5-15,25H,4H2,1-3H3,(H,22,24)/b23-14-/t15-/m1/s1. The summed E-state index contributed by atoms with van der Waals surface area (Å²) in [6, 6.07) is 14.3. The lowest BCUT2D eigenvalue weighted by atomic mass is 9.99. The van der Waals surface area contributed by atoms with Gasteiger partial charge in [-0.1, -0.05) is 26.0 Å². The molecule has 7 nitrogen and oxygen atoms in total. The molecule has 29 heavy (non-hydrogen) atoms. The number of rotatable bonds is 8. The van der Waals surface area contributed by atoms with Gasteiger partial charge in [-0.2, -0.15) is 18.6 Å². The molecule has 2 aromatic carbocycles. The van der Waals surface area contributed by atoms with Crippen LogP contribution in [0.15, 0.2) is 64.7 Å². The Kier molecular flexibility index (Phi) is 6.33. The van der Waals surface area contributed by atoms with E-state index in [9.17, 15) is 8.42 Å². The Balaban J connectivity index is 1.73. The Morgan fingerprint density at radius 1 is 1.17 bits per heavy atom. The summed E-state index contributed by atoms with van der Waals surface area (Å²) in [5.74, 6) is 1.13. The van der Waals surface area contributed by atoms with E-state index in [1.165, 1.54) is 6.21 Å². The Morgan fingerprint density at radius 2 is 1.86 bits per heavy atom. The van der Waals surface area contributed by atoms with E-state index in [0.717, 1.165) is 29.0 Å². The fourth-order valence-corrected chi connectivity index (χ4v) is 3.60. The van der Waals surface area contributed by atoms with Crippen LogP contribution in [0.4, 0.5) is 0 Å². The molecule has 2 N–H and O–H groups in total. The lowest BCUT2D eigenvalue weighted by Crippen LogP contribution is -2.18. The summed E-state index contributed by atoms with van der Waals surface area (Å²) in [4.78, 5) is 2.42. The van der Waals surface area contributed by atoms with Crippen molar-refractivity contribution >= 4 is 16.2 Å². The van der Waals surface area contributed by atoms with Gasteiger partial charge in [-0.15, -0.1) is 0 Å². The predicted octanol–water partition coefficient (Wildman–Crippen LogP) is 3.91. The molecular formula is C21H24N4O3S. The van der Waals surface area contributed by atoms with Crippen molar-refractivity contribution in [2.45, 2.75) is 31.1 Å². The van der Waals surface area contributed by atoms with Crippen LogP contribution >= 0.6 is 0 Å². The van der Waals surface area contributed by atoms with Crippen LogP contribution in [-0.2, 0) is 10.0 Å². The lowest BCUT2D eigenvalue weighted by molar-refractivity contribution is 0.415. The molecule has 0 unspecified atom stereocenters. The highest BCUT2D eigenvalue weighted by atomic mass is 32.2. The Labute approximate surface area is 170 Å². The van der Waals surface area contributed by atoms with Crippen LogP contribution in [0.3, 0.4) is 0 Å². The van der Waals surface area contributed by atoms with E-state index in [4.69, 9.17) is 4.74 Å². The van der Waals surface area contributed by atoms with Crippen molar-refractivity contribution < 1.29 is 13.2 Å². The van der Waals surface area contributed by atoms with E-state index in [2.05, 4.69) is 34.0 Å². The summed E-state index contributed by atoms with van der Waals surface area (Å²) in [5, 5.41) is 10.8. The zero-order chi connectivity index (χ0) is 20.9. The number of hydrogen-bond acceptors (Lipinski definition) is 5. The summed E-state index contributed by atoms with van der Waals surface area (Å²) in [5.41, 5.74) is 3.38. The maximum absolute atomic E-state index is 12.5. The third-order valence-corrected chi connectivity index (χ3v) is 6.03. The highest BCUT2D eigenvalue weighted by molar-refractivity contribution is 7.89. The Morgan fingerprint density at radius 3 is 2.48 bits per heavy atom. The molecule has 3 aromatic rings. The first-order valence-corrected chi connectivity index (χ1v) is 10.8. The predicted molar refractivity (Wildman–Crippen MR) is 114 cm³/mol. The normalized spacial score (nSPS) is 12.8. The maximum Gasteiger partial charge on any atom is 0.276 e. The third kappa shape index (κ3) is 4.83. The molecule has 0 saturated carbocycles. The van der Waals surface area contributed by atoms with Gasteiger partial charge in [0.15, 0.2) is 0 Å². The molecular weight excluding hydrogens is 388 g/mol. The van der Waals surface area contributed by atoms with Gasteiger partial charge in [0.25, 0.3) is 10.0 Å². The van der Waals surface area contributed by atoms with Crippen LogP contribution in [0.25, 0.3) is 11.3 Å². The van der Waals surface area contributed by atoms with E-state index >= 15 is 0 Å². The molecule has 152 valence electrons. The number of aromatic nitrogens is 2. The second kappa shape index (κ2) is 8.91. The number of methoxy groups -OCH3 is 1. The fourth-order valence-electron chi connectivity index (χ4n) is 2.81. The number of aromatic amines is 1. The van der Waals surface area contributed by atoms with Crippen LogP contribution in [0.1, 0.15) is 37.3 Å². The molecule has 3 rings (SSSR count). The molecule has 0 aliphatic heterocycles. The molecule has 0 saturated heterocycles. The van der Waals surface area contributed by atoms with Gasteiger partial charge in [-0.25, -0.2) is 4.83 Å². The second-order valence-corrected chi connectivity index (χ2v) is 8.32. The van der Waals surface area contributed by atoms with Gasteiger partial charge < -0.3 is 4.74 Å². The van der Waals surface area contributed by atoms with Gasteiger partial charge in [0.05, 0.1) is 30.1 Å². The number of ether oxygens (including phenoxy) is 1. The van der Waals surface area contributed by atoms with Crippen molar-refractivity contribution in [1.29, 1.82) is 0 Å². The topological polar surface area (TPSA) is 96.4 Å². The molecule has 0 fully saturated rings. The molecule has 0 aliphatic carbocycles. The number of benzene rings is 2. The minimum Gasteiger partial charge on any atom is -0.497 e. The number of hydrogen-bond donors (Lipinski definition) is 2. The van der Waals surface area contributed by atoms with Crippen molar-refractivity contribution in [3.63, 3.8) is 0 Å². The van der Waals surface area contributed by atoms with Gasteiger partial charge in [0.2, 0.25) is 0 Å². The summed E-state index contributed by atoms with van der Waals surface area (Å²) in [6.07, 6.45) is 4.00. The van der Waals surface area contributed by atoms with Crippen LogP contribution in [-0.4, -0.2) is 31.9 Å². The van der Waals surface area contributed by atoms with E-state index in [1.54, 1.807) is 25.4 Å². The minimum atomic E-state index is -3.74. The molecule has 0 aliphatic rings. The third-order valence-electron chi connectivity index (χ3n) is 4.80. The number of hydrazone groups is 1. The molecule has 8 heteroatoms. The largest absolute Gasteiger partial charge is 0.497 e. The van der Waals surface area contributed by atoms with Crippen molar-refractivity contribution in [2.24, 2.45) is 5.10 Å².